The number of likely N-dealkylation sites (tertiary alicyclic amines) is 1. The number of aliphatic hydroxyl groups is 1. The van der Waals surface area contributed by atoms with Gasteiger partial charge in [-0.3, -0.25) is 0 Å². The van der Waals surface area contributed by atoms with E-state index in [2.05, 4.69) is 10.2 Å². The molecule has 0 aromatic heterocycles. The van der Waals surface area contributed by atoms with Gasteiger partial charge in [0.15, 0.2) is 0 Å². The molecule has 1 unspecified atom stereocenters. The van der Waals surface area contributed by atoms with E-state index in [9.17, 15) is 5.11 Å². The zero-order valence-corrected chi connectivity index (χ0v) is 12.4. The maximum atomic E-state index is 10.0. The molecule has 1 aliphatic carbocycles. The Bertz CT molecular complexity index is 245. The third-order valence-corrected chi connectivity index (χ3v) is 4.91. The van der Waals surface area contributed by atoms with Gasteiger partial charge in [0.1, 0.15) is 0 Å². The molecule has 2 fully saturated rings. The summed E-state index contributed by atoms with van der Waals surface area (Å²) in [6, 6.07) is 0. The minimum atomic E-state index is -0.255. The lowest BCUT2D eigenvalue weighted by molar-refractivity contribution is 0.0591. The van der Waals surface area contributed by atoms with E-state index < -0.39 is 0 Å². The first-order chi connectivity index (χ1) is 9.24. The first-order valence-electron chi connectivity index (χ1n) is 7.84. The molecule has 1 atom stereocenters. The van der Waals surface area contributed by atoms with Crippen molar-refractivity contribution in [3.63, 3.8) is 0 Å². The predicted octanol–water partition coefficient (Wildman–Crippen LogP) is 1.24. The number of nitrogens with zero attached hydrogens (tertiary/aromatic N) is 1. The molecule has 1 saturated carbocycles. The summed E-state index contributed by atoms with van der Waals surface area (Å²) >= 11 is 0. The molecule has 0 amide bonds. The van der Waals surface area contributed by atoms with Crippen molar-refractivity contribution in [2.24, 2.45) is 5.41 Å². The van der Waals surface area contributed by atoms with E-state index in [1.165, 1.54) is 51.6 Å². The summed E-state index contributed by atoms with van der Waals surface area (Å²) in [5.74, 6) is 0. The number of piperidine rings is 1. The zero-order chi connectivity index (χ0) is 13.6. The number of rotatable bonds is 7. The van der Waals surface area contributed by atoms with Gasteiger partial charge in [-0.25, -0.2) is 0 Å². The number of methoxy groups -OCH3 is 1. The monoisotopic (exact) mass is 270 g/mol. The Morgan fingerprint density at radius 3 is 2.53 bits per heavy atom. The van der Waals surface area contributed by atoms with Crippen LogP contribution in [0.4, 0.5) is 0 Å². The number of hydrogen-bond donors (Lipinski definition) is 2. The molecule has 0 aromatic rings. The second-order valence-electron chi connectivity index (χ2n) is 6.36. The number of aliphatic hydroxyl groups excluding tert-OH is 1. The Hall–Kier alpha value is -0.160. The Labute approximate surface area is 117 Å². The molecular weight excluding hydrogens is 240 g/mol. The van der Waals surface area contributed by atoms with Crippen LogP contribution in [0, 0.1) is 5.41 Å². The molecule has 2 rings (SSSR count). The average Bonchev–Trinajstić information content (AvgIpc) is 2.86. The van der Waals surface area contributed by atoms with Gasteiger partial charge in [-0.2, -0.15) is 0 Å². The molecular formula is C15H30N2O2. The van der Waals surface area contributed by atoms with Gasteiger partial charge in [-0.1, -0.05) is 12.8 Å². The fourth-order valence-electron chi connectivity index (χ4n) is 3.64. The summed E-state index contributed by atoms with van der Waals surface area (Å²) in [5, 5.41) is 13.2. The van der Waals surface area contributed by atoms with Crippen molar-refractivity contribution in [3.05, 3.63) is 0 Å². The summed E-state index contributed by atoms with van der Waals surface area (Å²) in [6.45, 7) is 5.36. The van der Waals surface area contributed by atoms with Gasteiger partial charge in [0, 0.05) is 26.7 Å². The van der Waals surface area contributed by atoms with Gasteiger partial charge in [-0.05, 0) is 44.2 Å². The first kappa shape index (κ1) is 15.2. The average molecular weight is 270 g/mol. The maximum absolute atomic E-state index is 10.0. The van der Waals surface area contributed by atoms with Crippen LogP contribution in [0.2, 0.25) is 0 Å². The van der Waals surface area contributed by atoms with Crippen LogP contribution < -0.4 is 5.32 Å². The van der Waals surface area contributed by atoms with E-state index in [-0.39, 0.29) is 6.10 Å². The highest BCUT2D eigenvalue weighted by Crippen LogP contribution is 2.45. The Morgan fingerprint density at radius 1 is 1.21 bits per heavy atom. The van der Waals surface area contributed by atoms with E-state index >= 15 is 0 Å². The second kappa shape index (κ2) is 7.58. The van der Waals surface area contributed by atoms with Gasteiger partial charge in [-0.15, -0.1) is 0 Å². The molecule has 1 heterocycles. The third-order valence-electron chi connectivity index (χ3n) is 4.91. The van der Waals surface area contributed by atoms with E-state index in [1.807, 2.05) is 0 Å². The van der Waals surface area contributed by atoms with Gasteiger partial charge in [0.25, 0.3) is 0 Å². The number of nitrogens with one attached hydrogen (secondary N) is 1. The molecule has 0 aromatic carbocycles. The molecule has 19 heavy (non-hydrogen) atoms. The van der Waals surface area contributed by atoms with Gasteiger partial charge < -0.3 is 20.1 Å². The number of hydrogen-bond acceptors (Lipinski definition) is 4. The predicted molar refractivity (Wildman–Crippen MR) is 77.3 cm³/mol. The van der Waals surface area contributed by atoms with Gasteiger partial charge in [0.2, 0.25) is 0 Å². The summed E-state index contributed by atoms with van der Waals surface area (Å²) < 4.78 is 4.97. The summed E-state index contributed by atoms with van der Waals surface area (Å²) in [5.41, 5.74) is 0.679. The Morgan fingerprint density at radius 2 is 1.89 bits per heavy atom. The molecule has 0 radical (unpaired) electrons. The fraction of sp³-hybridized carbons (Fsp3) is 1.00. The highest BCUT2D eigenvalue weighted by atomic mass is 16.5. The molecule has 1 saturated heterocycles. The largest absolute Gasteiger partial charge is 0.390 e. The lowest BCUT2D eigenvalue weighted by Crippen LogP contribution is -2.44. The van der Waals surface area contributed by atoms with Crippen molar-refractivity contribution in [2.45, 2.75) is 44.6 Å². The fourth-order valence-corrected chi connectivity index (χ4v) is 3.64. The molecule has 4 nitrogen and oxygen atoms in total. The van der Waals surface area contributed by atoms with Crippen molar-refractivity contribution in [1.82, 2.24) is 10.2 Å². The van der Waals surface area contributed by atoms with E-state index in [4.69, 9.17) is 4.74 Å². The molecule has 2 aliphatic rings. The molecule has 1 spiro atoms. The van der Waals surface area contributed by atoms with Gasteiger partial charge in [0.05, 0.1) is 12.7 Å². The SMILES string of the molecule is COCCNCC(O)CN1CCC2(CCCC2)CC1. The zero-order valence-electron chi connectivity index (χ0n) is 12.4. The molecule has 0 bridgehead atoms. The minimum absolute atomic E-state index is 0.255. The van der Waals surface area contributed by atoms with Crippen LogP contribution in [-0.4, -0.2) is 62.6 Å². The van der Waals surface area contributed by atoms with Crippen LogP contribution in [0.15, 0.2) is 0 Å². The van der Waals surface area contributed by atoms with Crippen LogP contribution in [0.1, 0.15) is 38.5 Å². The third kappa shape index (κ3) is 4.71. The van der Waals surface area contributed by atoms with Crippen LogP contribution in [0.3, 0.4) is 0 Å². The molecule has 1 aliphatic heterocycles. The molecule has 4 heteroatoms. The van der Waals surface area contributed by atoms with Crippen LogP contribution in [0.5, 0.6) is 0 Å². The van der Waals surface area contributed by atoms with Crippen molar-refractivity contribution >= 4 is 0 Å². The lowest BCUT2D eigenvalue weighted by Gasteiger charge is -2.40. The number of ether oxygens (including phenoxy) is 1. The topological polar surface area (TPSA) is 44.7 Å². The second-order valence-corrected chi connectivity index (χ2v) is 6.36. The lowest BCUT2D eigenvalue weighted by atomic mass is 9.77. The van der Waals surface area contributed by atoms with Gasteiger partial charge >= 0.3 is 0 Å². The van der Waals surface area contributed by atoms with Crippen molar-refractivity contribution in [2.75, 3.05) is 46.4 Å². The van der Waals surface area contributed by atoms with E-state index in [0.29, 0.717) is 18.6 Å². The van der Waals surface area contributed by atoms with Crippen LogP contribution in [-0.2, 0) is 4.74 Å². The smallest absolute Gasteiger partial charge is 0.0791 e. The highest BCUT2D eigenvalue weighted by molar-refractivity contribution is 4.90. The summed E-state index contributed by atoms with van der Waals surface area (Å²) in [6.07, 6.45) is 8.20. The Balaban J connectivity index is 1.59. The number of β-amino-alcohol motifs (C(OH)–C–C–N with tert-alkyl or cyclic N) is 1. The molecule has 112 valence electrons. The highest BCUT2D eigenvalue weighted by Gasteiger charge is 2.36. The van der Waals surface area contributed by atoms with Crippen molar-refractivity contribution < 1.29 is 9.84 Å². The van der Waals surface area contributed by atoms with Crippen molar-refractivity contribution in [1.29, 1.82) is 0 Å². The minimum Gasteiger partial charge on any atom is -0.390 e. The standard InChI is InChI=1S/C15H30N2O2/c1-19-11-8-16-12-14(18)13-17-9-6-15(7-10-17)4-2-3-5-15/h14,16,18H,2-13H2,1H3. The Kier molecular flexibility index (Phi) is 6.07. The first-order valence-corrected chi connectivity index (χ1v) is 7.84. The van der Waals surface area contributed by atoms with E-state index in [1.54, 1.807) is 7.11 Å². The van der Waals surface area contributed by atoms with Crippen molar-refractivity contribution in [3.8, 4) is 0 Å². The van der Waals surface area contributed by atoms with Crippen LogP contribution in [0.25, 0.3) is 0 Å². The maximum Gasteiger partial charge on any atom is 0.0791 e. The van der Waals surface area contributed by atoms with E-state index in [0.717, 1.165) is 13.1 Å². The molecule has 2 N–H and O–H groups in total. The quantitative estimate of drug-likeness (QED) is 0.683. The summed E-state index contributed by atoms with van der Waals surface area (Å²) in [7, 11) is 1.70. The van der Waals surface area contributed by atoms with Crippen LogP contribution >= 0.6 is 0 Å². The normalized spacial score (nSPS) is 24.9. The summed E-state index contributed by atoms with van der Waals surface area (Å²) in [4.78, 5) is 2.44.